The number of benzene rings is 3. The third-order valence-corrected chi connectivity index (χ3v) is 7.48. The van der Waals surface area contributed by atoms with E-state index >= 15 is 0 Å². The number of H-pyrrole nitrogens is 1. The molecule has 0 spiro atoms. The molecule has 42 heavy (non-hydrogen) atoms. The molecule has 0 fully saturated rings. The molecule has 0 saturated carbocycles. The molecule has 0 aliphatic carbocycles. The molecule has 6 rings (SSSR count). The minimum absolute atomic E-state index is 0.109. The third kappa shape index (κ3) is 5.31. The summed E-state index contributed by atoms with van der Waals surface area (Å²) in [4.78, 5) is 23.3. The Morgan fingerprint density at radius 2 is 1.83 bits per heavy atom. The number of hydrogen-bond donors (Lipinski definition) is 1. The highest BCUT2D eigenvalue weighted by atomic mass is 16.5. The average Bonchev–Trinajstić information content (AvgIpc) is 3.46. The second-order valence-electron chi connectivity index (χ2n) is 10.4. The summed E-state index contributed by atoms with van der Waals surface area (Å²) in [5.74, 6) is 1.79. The van der Waals surface area contributed by atoms with Crippen LogP contribution in [0.2, 0.25) is 0 Å². The number of para-hydroxylation sites is 1. The lowest BCUT2D eigenvalue weighted by Crippen LogP contribution is -2.23. The molecule has 0 radical (unpaired) electrons. The lowest BCUT2D eigenvalue weighted by molar-refractivity contribution is 0.301. The summed E-state index contributed by atoms with van der Waals surface area (Å²) in [6, 6.07) is 25.3. The van der Waals surface area contributed by atoms with Crippen LogP contribution in [-0.4, -0.2) is 56.3 Å². The standard InChI is InChI=1S/C32H31N7O3/c1-20(38(2)3)29-26-17-24(41-4)14-15-28(26)34-32(40)30(29)31-35-36-37-39(31)18-21-8-7-10-25(16-21)42-19-23-13-12-22-9-5-6-11-27(22)33-23/h5-17,20H,18-19H2,1-4H3,(H,34,40). The number of rotatable bonds is 9. The van der Waals surface area contributed by atoms with Crippen LogP contribution in [0.25, 0.3) is 33.2 Å². The number of fused-ring (bicyclic) bond motifs is 2. The molecule has 10 heteroatoms. The van der Waals surface area contributed by atoms with Gasteiger partial charge in [-0.3, -0.25) is 4.79 Å². The Morgan fingerprint density at radius 1 is 0.976 bits per heavy atom. The molecule has 1 atom stereocenters. The quantitative estimate of drug-likeness (QED) is 0.263. The molecule has 0 aliphatic heterocycles. The molecular formula is C32H31N7O3. The molecule has 1 N–H and O–H groups in total. The number of ether oxygens (including phenoxy) is 2. The maximum absolute atomic E-state index is 13.6. The minimum atomic E-state index is -0.257. The molecule has 1 unspecified atom stereocenters. The molecule has 10 nitrogen and oxygen atoms in total. The van der Waals surface area contributed by atoms with Crippen molar-refractivity contribution in [2.75, 3.05) is 21.2 Å². The van der Waals surface area contributed by atoms with Gasteiger partial charge in [-0.1, -0.05) is 36.4 Å². The van der Waals surface area contributed by atoms with E-state index in [1.165, 1.54) is 0 Å². The van der Waals surface area contributed by atoms with Gasteiger partial charge in [0.25, 0.3) is 5.56 Å². The first-order valence-corrected chi connectivity index (χ1v) is 13.6. The van der Waals surface area contributed by atoms with Crippen LogP contribution in [0.5, 0.6) is 11.5 Å². The zero-order chi connectivity index (χ0) is 29.2. The summed E-state index contributed by atoms with van der Waals surface area (Å²) in [5.41, 5.74) is 4.42. The number of pyridine rings is 2. The summed E-state index contributed by atoms with van der Waals surface area (Å²) in [6.45, 7) is 2.74. The number of methoxy groups -OCH3 is 1. The molecule has 3 heterocycles. The van der Waals surface area contributed by atoms with E-state index in [-0.39, 0.29) is 11.6 Å². The molecule has 3 aromatic heterocycles. The molecular weight excluding hydrogens is 530 g/mol. The SMILES string of the molecule is COc1ccc2[nH]c(=O)c(-c3nnnn3Cc3cccc(OCc4ccc5ccccc5n4)c3)c(C(C)N(C)C)c2c1. The summed E-state index contributed by atoms with van der Waals surface area (Å²) in [7, 11) is 5.58. The summed E-state index contributed by atoms with van der Waals surface area (Å²) in [6.07, 6.45) is 0. The predicted molar refractivity (Wildman–Crippen MR) is 162 cm³/mol. The van der Waals surface area contributed by atoms with Crippen LogP contribution < -0.4 is 15.0 Å². The van der Waals surface area contributed by atoms with Gasteiger partial charge in [-0.15, -0.1) is 5.10 Å². The van der Waals surface area contributed by atoms with Crippen molar-refractivity contribution in [3.63, 3.8) is 0 Å². The van der Waals surface area contributed by atoms with E-state index in [9.17, 15) is 4.79 Å². The van der Waals surface area contributed by atoms with Gasteiger partial charge in [0.1, 0.15) is 18.1 Å². The molecule has 0 saturated heterocycles. The lowest BCUT2D eigenvalue weighted by atomic mass is 9.96. The van der Waals surface area contributed by atoms with Gasteiger partial charge in [0.2, 0.25) is 0 Å². The Hall–Kier alpha value is -5.09. The Kier molecular flexibility index (Phi) is 7.37. The van der Waals surface area contributed by atoms with Gasteiger partial charge in [-0.2, -0.15) is 0 Å². The molecule has 3 aromatic carbocycles. The van der Waals surface area contributed by atoms with E-state index in [4.69, 9.17) is 14.5 Å². The largest absolute Gasteiger partial charge is 0.497 e. The normalized spacial score (nSPS) is 12.2. The van der Waals surface area contributed by atoms with Crippen LogP contribution in [-0.2, 0) is 13.2 Å². The molecule has 0 bridgehead atoms. The lowest BCUT2D eigenvalue weighted by Gasteiger charge is -2.24. The number of tetrazole rings is 1. The van der Waals surface area contributed by atoms with Crippen LogP contribution in [0.15, 0.2) is 83.7 Å². The first kappa shape index (κ1) is 27.1. The van der Waals surface area contributed by atoms with Gasteiger partial charge in [0.05, 0.1) is 30.4 Å². The number of hydrogen-bond acceptors (Lipinski definition) is 8. The van der Waals surface area contributed by atoms with E-state index in [0.717, 1.165) is 38.6 Å². The fraction of sp³-hybridized carbons (Fsp3) is 0.219. The number of aromatic nitrogens is 6. The first-order valence-electron chi connectivity index (χ1n) is 13.6. The van der Waals surface area contributed by atoms with Crippen molar-refractivity contribution >= 4 is 21.8 Å². The van der Waals surface area contributed by atoms with Gasteiger partial charge >= 0.3 is 0 Å². The maximum atomic E-state index is 13.6. The number of nitrogens with one attached hydrogen (secondary N) is 1. The van der Waals surface area contributed by atoms with E-state index in [2.05, 4.69) is 32.3 Å². The van der Waals surface area contributed by atoms with Crippen LogP contribution in [0.4, 0.5) is 0 Å². The fourth-order valence-corrected chi connectivity index (χ4v) is 5.08. The Balaban J connectivity index is 1.32. The van der Waals surface area contributed by atoms with Crippen LogP contribution in [0.3, 0.4) is 0 Å². The van der Waals surface area contributed by atoms with Gasteiger partial charge in [0, 0.05) is 22.3 Å². The third-order valence-electron chi connectivity index (χ3n) is 7.48. The van der Waals surface area contributed by atoms with Gasteiger partial charge in [0.15, 0.2) is 5.82 Å². The number of nitrogens with zero attached hydrogens (tertiary/aromatic N) is 6. The van der Waals surface area contributed by atoms with E-state index in [1.807, 2.05) is 93.0 Å². The first-order chi connectivity index (χ1) is 20.4. The Bertz CT molecular complexity index is 1950. The average molecular weight is 562 g/mol. The predicted octanol–water partition coefficient (Wildman–Crippen LogP) is 4.99. The summed E-state index contributed by atoms with van der Waals surface area (Å²) >= 11 is 0. The zero-order valence-electron chi connectivity index (χ0n) is 23.9. The summed E-state index contributed by atoms with van der Waals surface area (Å²) in [5, 5.41) is 14.5. The van der Waals surface area contributed by atoms with Crippen LogP contribution >= 0.6 is 0 Å². The Labute approximate surface area is 242 Å². The smallest absolute Gasteiger partial charge is 0.259 e. The van der Waals surface area contributed by atoms with Gasteiger partial charge in [-0.05, 0) is 85.0 Å². The summed E-state index contributed by atoms with van der Waals surface area (Å²) < 4.78 is 13.2. The van der Waals surface area contributed by atoms with Crippen molar-refractivity contribution in [2.45, 2.75) is 26.1 Å². The maximum Gasteiger partial charge on any atom is 0.259 e. The van der Waals surface area contributed by atoms with Crippen molar-refractivity contribution in [3.05, 3.63) is 106 Å². The molecule has 0 aliphatic rings. The minimum Gasteiger partial charge on any atom is -0.497 e. The zero-order valence-corrected chi connectivity index (χ0v) is 23.9. The second kappa shape index (κ2) is 11.4. The highest BCUT2D eigenvalue weighted by Gasteiger charge is 2.25. The van der Waals surface area contributed by atoms with Crippen molar-refractivity contribution in [1.29, 1.82) is 0 Å². The molecule has 6 aromatic rings. The molecule has 212 valence electrons. The van der Waals surface area contributed by atoms with Gasteiger partial charge < -0.3 is 19.4 Å². The van der Waals surface area contributed by atoms with Crippen molar-refractivity contribution in [2.24, 2.45) is 0 Å². The van der Waals surface area contributed by atoms with Crippen LogP contribution in [0, 0.1) is 0 Å². The highest BCUT2D eigenvalue weighted by Crippen LogP contribution is 2.34. The number of aromatic amines is 1. The van der Waals surface area contributed by atoms with Crippen molar-refractivity contribution < 1.29 is 9.47 Å². The van der Waals surface area contributed by atoms with Crippen LogP contribution in [0.1, 0.15) is 29.8 Å². The molecule has 0 amide bonds. The monoisotopic (exact) mass is 561 g/mol. The van der Waals surface area contributed by atoms with E-state index in [1.54, 1.807) is 11.8 Å². The van der Waals surface area contributed by atoms with E-state index in [0.29, 0.717) is 36.0 Å². The highest BCUT2D eigenvalue weighted by molar-refractivity contribution is 5.89. The fourth-order valence-electron chi connectivity index (χ4n) is 5.08. The van der Waals surface area contributed by atoms with E-state index < -0.39 is 0 Å². The van der Waals surface area contributed by atoms with Gasteiger partial charge in [-0.25, -0.2) is 9.67 Å². The topological polar surface area (TPSA) is 111 Å². The Morgan fingerprint density at radius 3 is 2.67 bits per heavy atom. The van der Waals surface area contributed by atoms with Crippen molar-refractivity contribution in [3.8, 4) is 22.9 Å². The van der Waals surface area contributed by atoms with Crippen molar-refractivity contribution in [1.82, 2.24) is 35.1 Å². The second-order valence-corrected chi connectivity index (χ2v) is 10.4.